The lowest BCUT2D eigenvalue weighted by molar-refractivity contribution is -0.116. The van der Waals surface area contributed by atoms with Gasteiger partial charge in [-0.3, -0.25) is 4.79 Å². The van der Waals surface area contributed by atoms with Crippen molar-refractivity contribution in [1.29, 1.82) is 0 Å². The Morgan fingerprint density at radius 3 is 2.41 bits per heavy atom. The van der Waals surface area contributed by atoms with Crippen LogP contribution >= 0.6 is 0 Å². The number of nitrogens with zero attached hydrogens (tertiary/aromatic N) is 2. The summed E-state index contributed by atoms with van der Waals surface area (Å²) < 4.78 is 25.1. The minimum Gasteiger partial charge on any atom is -0.325 e. The maximum absolute atomic E-state index is 12.6. The molecule has 6 nitrogen and oxygen atoms in total. The molecule has 1 N–H and O–H groups in total. The van der Waals surface area contributed by atoms with E-state index in [0.29, 0.717) is 22.9 Å². The fourth-order valence-corrected chi connectivity index (χ4v) is 3.63. The molecule has 0 atom stereocenters. The van der Waals surface area contributed by atoms with Gasteiger partial charge in [0.2, 0.25) is 5.91 Å². The molecule has 0 saturated heterocycles. The lowest BCUT2D eigenvalue weighted by atomic mass is 10.0. The monoisotopic (exact) mass is 385 g/mol. The van der Waals surface area contributed by atoms with E-state index < -0.39 is 9.84 Å². The molecule has 0 fully saturated rings. The number of carbonyl (C=O) groups excluding carboxylic acids is 1. The van der Waals surface area contributed by atoms with Crippen LogP contribution < -0.4 is 5.32 Å². The van der Waals surface area contributed by atoms with Crippen LogP contribution in [0.1, 0.15) is 31.2 Å². The molecule has 0 spiro atoms. The van der Waals surface area contributed by atoms with Crippen molar-refractivity contribution in [2.45, 2.75) is 32.1 Å². The van der Waals surface area contributed by atoms with Gasteiger partial charge in [-0.2, -0.15) is 0 Å². The van der Waals surface area contributed by atoms with E-state index in [4.69, 9.17) is 0 Å². The molecule has 0 radical (unpaired) electrons. The largest absolute Gasteiger partial charge is 0.325 e. The third-order valence-corrected chi connectivity index (χ3v) is 5.07. The molecule has 1 amide bonds. The van der Waals surface area contributed by atoms with Crippen LogP contribution in [0.5, 0.6) is 0 Å². The highest BCUT2D eigenvalue weighted by Crippen LogP contribution is 2.19. The van der Waals surface area contributed by atoms with Crippen LogP contribution in [0.4, 0.5) is 5.69 Å². The Morgan fingerprint density at radius 1 is 1.11 bits per heavy atom. The molecule has 7 heteroatoms. The predicted molar refractivity (Wildman–Crippen MR) is 107 cm³/mol. The van der Waals surface area contributed by atoms with Crippen molar-refractivity contribution in [1.82, 2.24) is 9.55 Å². The van der Waals surface area contributed by atoms with E-state index in [1.807, 2.05) is 42.5 Å². The first kappa shape index (κ1) is 19.1. The van der Waals surface area contributed by atoms with Crippen LogP contribution in [0.25, 0.3) is 11.0 Å². The van der Waals surface area contributed by atoms with Gasteiger partial charge in [-0.15, -0.1) is 0 Å². The average Bonchev–Trinajstić information content (AvgIpc) is 2.91. The van der Waals surface area contributed by atoms with E-state index in [2.05, 4.69) is 24.1 Å². The zero-order chi connectivity index (χ0) is 19.6. The number of para-hydroxylation sites is 2. The van der Waals surface area contributed by atoms with E-state index in [1.165, 1.54) is 5.56 Å². The number of hydrogen-bond acceptors (Lipinski definition) is 4. The molecule has 0 aliphatic rings. The number of aromatic nitrogens is 2. The van der Waals surface area contributed by atoms with Crippen LogP contribution in [0, 0.1) is 0 Å². The second-order valence-electron chi connectivity index (χ2n) is 7.00. The van der Waals surface area contributed by atoms with Gasteiger partial charge in [0.25, 0.3) is 0 Å². The molecule has 3 aromatic rings. The van der Waals surface area contributed by atoms with Crippen molar-refractivity contribution in [2.24, 2.45) is 0 Å². The number of hydrogen-bond donors (Lipinski definition) is 1. The first-order valence-corrected chi connectivity index (χ1v) is 10.8. The summed E-state index contributed by atoms with van der Waals surface area (Å²) >= 11 is 0. The van der Waals surface area contributed by atoms with Crippen molar-refractivity contribution in [3.05, 3.63) is 59.9 Å². The van der Waals surface area contributed by atoms with E-state index in [-0.39, 0.29) is 18.2 Å². The Kier molecular flexibility index (Phi) is 5.32. The molecule has 0 bridgehead atoms. The molecule has 1 heterocycles. The minimum atomic E-state index is -3.27. The van der Waals surface area contributed by atoms with Gasteiger partial charge in [0.05, 0.1) is 11.0 Å². The minimum absolute atomic E-state index is 0.00268. The number of imidazole rings is 1. The van der Waals surface area contributed by atoms with Gasteiger partial charge < -0.3 is 9.88 Å². The van der Waals surface area contributed by atoms with Crippen LogP contribution in [-0.2, 0) is 26.9 Å². The highest BCUT2D eigenvalue weighted by molar-refractivity contribution is 7.89. The Balaban J connectivity index is 1.84. The molecular weight excluding hydrogens is 362 g/mol. The van der Waals surface area contributed by atoms with Crippen molar-refractivity contribution >= 4 is 32.5 Å². The van der Waals surface area contributed by atoms with Gasteiger partial charge in [-0.1, -0.05) is 38.1 Å². The number of benzene rings is 2. The summed E-state index contributed by atoms with van der Waals surface area (Å²) in [5, 5.41) is 2.86. The smallest absolute Gasteiger partial charge is 0.244 e. The van der Waals surface area contributed by atoms with Gasteiger partial charge in [-0.25, -0.2) is 13.4 Å². The second kappa shape index (κ2) is 7.52. The summed E-state index contributed by atoms with van der Waals surface area (Å²) in [6.45, 7) is 4.22. The molecule has 0 aliphatic carbocycles. The number of anilines is 1. The maximum Gasteiger partial charge on any atom is 0.244 e. The van der Waals surface area contributed by atoms with Crippen LogP contribution in [0.15, 0.2) is 48.5 Å². The number of rotatable bonds is 6. The maximum atomic E-state index is 12.6. The summed E-state index contributed by atoms with van der Waals surface area (Å²) in [6.07, 6.45) is 1.16. The summed E-state index contributed by atoms with van der Waals surface area (Å²) in [5.74, 6) is 0.345. The average molecular weight is 385 g/mol. The molecule has 0 aliphatic heterocycles. The summed E-state index contributed by atoms with van der Waals surface area (Å²) in [6, 6.07) is 15.0. The van der Waals surface area contributed by atoms with Crippen molar-refractivity contribution in [3.63, 3.8) is 0 Å². The number of carbonyl (C=O) groups is 1. The lowest BCUT2D eigenvalue weighted by Crippen LogP contribution is -2.21. The van der Waals surface area contributed by atoms with E-state index >= 15 is 0 Å². The second-order valence-corrected chi connectivity index (χ2v) is 9.14. The summed E-state index contributed by atoms with van der Waals surface area (Å²) in [7, 11) is -3.27. The molecule has 2 aromatic carbocycles. The van der Waals surface area contributed by atoms with Crippen molar-refractivity contribution in [2.75, 3.05) is 11.6 Å². The molecule has 0 saturated carbocycles. The molecule has 27 heavy (non-hydrogen) atoms. The Bertz CT molecular complexity index is 1070. The van der Waals surface area contributed by atoms with E-state index in [0.717, 1.165) is 11.8 Å². The predicted octanol–water partition coefficient (Wildman–Crippen LogP) is 3.34. The number of sulfone groups is 1. The highest BCUT2D eigenvalue weighted by atomic mass is 32.2. The first-order valence-electron chi connectivity index (χ1n) is 8.74. The normalized spacial score (nSPS) is 11.9. The van der Waals surface area contributed by atoms with Gasteiger partial charge >= 0.3 is 0 Å². The molecule has 3 rings (SSSR count). The summed E-state index contributed by atoms with van der Waals surface area (Å²) in [4.78, 5) is 16.9. The lowest BCUT2D eigenvalue weighted by Gasteiger charge is -2.11. The zero-order valence-corrected chi connectivity index (χ0v) is 16.5. The summed E-state index contributed by atoms with van der Waals surface area (Å²) in [5.41, 5.74) is 3.31. The van der Waals surface area contributed by atoms with Crippen LogP contribution in [-0.4, -0.2) is 30.1 Å². The topological polar surface area (TPSA) is 81.1 Å². The van der Waals surface area contributed by atoms with Gasteiger partial charge in [-0.05, 0) is 35.7 Å². The Labute approximate surface area is 159 Å². The SMILES string of the molecule is CC(C)c1ccc(NC(=O)Cn2c(CS(C)(=O)=O)nc3ccccc32)cc1. The molecule has 1 aromatic heterocycles. The molecular formula is C20H23N3O3S. The standard InChI is InChI=1S/C20H23N3O3S/c1-14(2)15-8-10-16(11-9-15)21-20(24)12-23-18-7-5-4-6-17(18)22-19(23)13-27(3,25)26/h4-11,14H,12-13H2,1-3H3,(H,21,24). The van der Waals surface area contributed by atoms with Crippen LogP contribution in [0.3, 0.4) is 0 Å². The fraction of sp³-hybridized carbons (Fsp3) is 0.300. The Hall–Kier alpha value is -2.67. The van der Waals surface area contributed by atoms with Gasteiger partial charge in [0.1, 0.15) is 18.1 Å². The fourth-order valence-electron chi connectivity index (χ4n) is 2.94. The molecule has 142 valence electrons. The number of amides is 1. The first-order chi connectivity index (χ1) is 12.7. The van der Waals surface area contributed by atoms with Crippen molar-refractivity contribution < 1.29 is 13.2 Å². The number of nitrogens with one attached hydrogen (secondary N) is 1. The quantitative estimate of drug-likeness (QED) is 0.706. The third kappa shape index (κ3) is 4.74. The van der Waals surface area contributed by atoms with Crippen molar-refractivity contribution in [3.8, 4) is 0 Å². The number of fused-ring (bicyclic) bond motifs is 1. The van der Waals surface area contributed by atoms with Crippen LogP contribution in [0.2, 0.25) is 0 Å². The molecule has 0 unspecified atom stereocenters. The van der Waals surface area contributed by atoms with E-state index in [1.54, 1.807) is 10.6 Å². The zero-order valence-electron chi connectivity index (χ0n) is 15.6. The Morgan fingerprint density at radius 2 is 1.78 bits per heavy atom. The highest BCUT2D eigenvalue weighted by Gasteiger charge is 2.17. The van der Waals surface area contributed by atoms with E-state index in [9.17, 15) is 13.2 Å². The van der Waals surface area contributed by atoms with Gasteiger partial charge in [0.15, 0.2) is 9.84 Å². The van der Waals surface area contributed by atoms with Gasteiger partial charge in [0, 0.05) is 11.9 Å². The third-order valence-electron chi connectivity index (χ3n) is 4.29.